The highest BCUT2D eigenvalue weighted by Gasteiger charge is 2.00. The van der Waals surface area contributed by atoms with E-state index in [1.165, 1.54) is 4.88 Å². The lowest BCUT2D eigenvalue weighted by Crippen LogP contribution is -1.98. The Hall–Kier alpha value is -1.13. The van der Waals surface area contributed by atoms with Crippen molar-refractivity contribution in [2.75, 3.05) is 5.32 Å². The van der Waals surface area contributed by atoms with Crippen LogP contribution in [0.5, 0.6) is 0 Å². The molecule has 2 aromatic heterocycles. The maximum Gasteiger partial charge on any atom is 0.131 e. The molecule has 2 aromatic rings. The first-order chi connectivity index (χ1) is 7.78. The van der Waals surface area contributed by atoms with Crippen molar-refractivity contribution >= 4 is 28.6 Å². The SMILES string of the molecule is CCc1cnc(CNc2ccnc(Cl)c2)s1. The molecule has 0 saturated heterocycles. The summed E-state index contributed by atoms with van der Waals surface area (Å²) in [4.78, 5) is 9.57. The molecule has 0 atom stereocenters. The third-order valence-electron chi connectivity index (χ3n) is 2.12. The first kappa shape index (κ1) is 11.4. The number of hydrogen-bond acceptors (Lipinski definition) is 4. The van der Waals surface area contributed by atoms with Crippen molar-refractivity contribution < 1.29 is 0 Å². The molecular weight excluding hydrogens is 242 g/mol. The molecule has 0 aliphatic carbocycles. The summed E-state index contributed by atoms with van der Waals surface area (Å²) in [5, 5.41) is 4.85. The van der Waals surface area contributed by atoms with Gasteiger partial charge in [0.05, 0.1) is 6.54 Å². The minimum atomic E-state index is 0.499. The Labute approximate surface area is 104 Å². The van der Waals surface area contributed by atoms with Gasteiger partial charge < -0.3 is 5.32 Å². The van der Waals surface area contributed by atoms with Crippen molar-refractivity contribution in [2.24, 2.45) is 0 Å². The molecule has 0 saturated carbocycles. The lowest BCUT2D eigenvalue weighted by molar-refractivity contribution is 1.09. The van der Waals surface area contributed by atoms with Gasteiger partial charge in [0, 0.05) is 23.0 Å². The van der Waals surface area contributed by atoms with Crippen molar-refractivity contribution in [3.63, 3.8) is 0 Å². The molecule has 0 unspecified atom stereocenters. The van der Waals surface area contributed by atoms with Crippen molar-refractivity contribution in [1.82, 2.24) is 9.97 Å². The van der Waals surface area contributed by atoms with Crippen molar-refractivity contribution in [3.8, 4) is 0 Å². The number of aromatic nitrogens is 2. The largest absolute Gasteiger partial charge is 0.378 e. The number of nitrogens with zero attached hydrogens (tertiary/aromatic N) is 2. The fourth-order valence-corrected chi connectivity index (χ4v) is 2.26. The maximum atomic E-state index is 5.79. The number of aryl methyl sites for hydroxylation is 1. The summed E-state index contributed by atoms with van der Waals surface area (Å²) in [6, 6.07) is 3.69. The third-order valence-corrected chi connectivity index (χ3v) is 3.47. The topological polar surface area (TPSA) is 37.8 Å². The Morgan fingerprint density at radius 3 is 3.00 bits per heavy atom. The lowest BCUT2D eigenvalue weighted by atomic mass is 10.4. The molecule has 0 spiro atoms. The van der Waals surface area contributed by atoms with Gasteiger partial charge in [-0.2, -0.15) is 0 Å². The van der Waals surface area contributed by atoms with E-state index in [2.05, 4.69) is 22.2 Å². The van der Waals surface area contributed by atoms with Gasteiger partial charge in [0.1, 0.15) is 10.2 Å². The predicted octanol–water partition coefficient (Wildman–Crippen LogP) is 3.37. The van der Waals surface area contributed by atoms with E-state index >= 15 is 0 Å². The van der Waals surface area contributed by atoms with Crippen LogP contribution >= 0.6 is 22.9 Å². The molecule has 3 nitrogen and oxygen atoms in total. The first-order valence-corrected chi connectivity index (χ1v) is 6.26. The van der Waals surface area contributed by atoms with E-state index in [0.29, 0.717) is 5.15 Å². The minimum absolute atomic E-state index is 0.499. The zero-order chi connectivity index (χ0) is 11.4. The highest BCUT2D eigenvalue weighted by atomic mass is 35.5. The van der Waals surface area contributed by atoms with Crippen LogP contribution in [-0.2, 0) is 13.0 Å². The van der Waals surface area contributed by atoms with Gasteiger partial charge in [-0.1, -0.05) is 18.5 Å². The second-order valence-electron chi connectivity index (χ2n) is 3.29. The van der Waals surface area contributed by atoms with Crippen LogP contribution in [0.25, 0.3) is 0 Å². The summed E-state index contributed by atoms with van der Waals surface area (Å²) in [6.45, 7) is 2.86. The van der Waals surface area contributed by atoms with E-state index < -0.39 is 0 Å². The number of anilines is 1. The van der Waals surface area contributed by atoms with Gasteiger partial charge in [-0.05, 0) is 18.6 Å². The molecule has 2 heterocycles. The predicted molar refractivity (Wildman–Crippen MR) is 68.1 cm³/mol. The normalized spacial score (nSPS) is 10.4. The average molecular weight is 254 g/mol. The average Bonchev–Trinajstić information content (AvgIpc) is 2.74. The molecule has 5 heteroatoms. The van der Waals surface area contributed by atoms with Crippen LogP contribution in [0, 0.1) is 0 Å². The van der Waals surface area contributed by atoms with Crippen LogP contribution in [0.4, 0.5) is 5.69 Å². The van der Waals surface area contributed by atoms with Crippen LogP contribution in [0.3, 0.4) is 0 Å². The zero-order valence-corrected chi connectivity index (χ0v) is 10.5. The van der Waals surface area contributed by atoms with Gasteiger partial charge in [0.2, 0.25) is 0 Å². The van der Waals surface area contributed by atoms with Crippen molar-refractivity contribution in [2.45, 2.75) is 19.9 Å². The number of hydrogen-bond donors (Lipinski definition) is 1. The van der Waals surface area contributed by atoms with E-state index in [9.17, 15) is 0 Å². The Balaban J connectivity index is 1.96. The second kappa shape index (κ2) is 5.27. The molecule has 1 N–H and O–H groups in total. The van der Waals surface area contributed by atoms with E-state index in [1.807, 2.05) is 12.3 Å². The molecule has 0 amide bonds. The summed E-state index contributed by atoms with van der Waals surface area (Å²) >= 11 is 7.52. The highest BCUT2D eigenvalue weighted by molar-refractivity contribution is 7.11. The number of thiazole rings is 1. The lowest BCUT2D eigenvalue weighted by Gasteiger charge is -2.03. The Kier molecular flexibility index (Phi) is 3.74. The molecule has 0 bridgehead atoms. The third kappa shape index (κ3) is 2.93. The molecule has 2 rings (SSSR count). The molecule has 84 valence electrons. The summed E-state index contributed by atoms with van der Waals surface area (Å²) in [5.41, 5.74) is 0.966. The second-order valence-corrected chi connectivity index (χ2v) is 4.88. The summed E-state index contributed by atoms with van der Waals surface area (Å²) in [7, 11) is 0. The quantitative estimate of drug-likeness (QED) is 0.849. The number of rotatable bonds is 4. The fourth-order valence-electron chi connectivity index (χ4n) is 1.28. The summed E-state index contributed by atoms with van der Waals surface area (Å²) in [6.07, 6.45) is 4.66. The van der Waals surface area contributed by atoms with Gasteiger partial charge in [0.25, 0.3) is 0 Å². The van der Waals surface area contributed by atoms with Gasteiger partial charge in [-0.25, -0.2) is 9.97 Å². The number of pyridine rings is 1. The highest BCUT2D eigenvalue weighted by Crippen LogP contribution is 2.16. The first-order valence-electron chi connectivity index (χ1n) is 5.07. The van der Waals surface area contributed by atoms with E-state index in [4.69, 9.17) is 11.6 Å². The van der Waals surface area contributed by atoms with Gasteiger partial charge in [-0.15, -0.1) is 11.3 Å². The molecule has 0 fully saturated rings. The smallest absolute Gasteiger partial charge is 0.131 e. The zero-order valence-electron chi connectivity index (χ0n) is 8.90. The molecule has 0 radical (unpaired) electrons. The molecular formula is C11H12ClN3S. The number of nitrogens with one attached hydrogen (secondary N) is 1. The molecule has 0 aliphatic rings. The van der Waals surface area contributed by atoms with Crippen molar-refractivity contribution in [1.29, 1.82) is 0 Å². The van der Waals surface area contributed by atoms with Crippen LogP contribution in [0.15, 0.2) is 24.5 Å². The standard InChI is InChI=1S/C11H12ClN3S/c1-2-9-6-15-11(16-9)7-14-8-3-4-13-10(12)5-8/h3-6H,2,7H2,1H3,(H,13,14). The van der Waals surface area contributed by atoms with Crippen molar-refractivity contribution in [3.05, 3.63) is 39.6 Å². The monoisotopic (exact) mass is 253 g/mol. The van der Waals surface area contributed by atoms with E-state index in [-0.39, 0.29) is 0 Å². The Morgan fingerprint density at radius 1 is 1.44 bits per heavy atom. The van der Waals surface area contributed by atoms with E-state index in [1.54, 1.807) is 23.6 Å². The maximum absolute atomic E-state index is 5.79. The van der Waals surface area contributed by atoms with Crippen LogP contribution in [-0.4, -0.2) is 9.97 Å². The van der Waals surface area contributed by atoms with Gasteiger partial charge >= 0.3 is 0 Å². The Bertz CT molecular complexity index is 470. The molecule has 0 aromatic carbocycles. The molecule has 0 aliphatic heterocycles. The van der Waals surface area contributed by atoms with Crippen LogP contribution in [0.2, 0.25) is 5.15 Å². The Morgan fingerprint density at radius 2 is 2.31 bits per heavy atom. The van der Waals surface area contributed by atoms with E-state index in [0.717, 1.165) is 23.7 Å². The minimum Gasteiger partial charge on any atom is -0.378 e. The van der Waals surface area contributed by atoms with Gasteiger partial charge in [-0.3, -0.25) is 0 Å². The number of halogens is 1. The van der Waals surface area contributed by atoms with Crippen LogP contribution in [0.1, 0.15) is 16.8 Å². The summed E-state index contributed by atoms with van der Waals surface area (Å²) in [5.74, 6) is 0. The fraction of sp³-hybridized carbons (Fsp3) is 0.273. The van der Waals surface area contributed by atoms with Crippen LogP contribution < -0.4 is 5.32 Å². The van der Waals surface area contributed by atoms with Gasteiger partial charge in [0.15, 0.2) is 0 Å². The summed E-state index contributed by atoms with van der Waals surface area (Å²) < 4.78 is 0. The molecule has 16 heavy (non-hydrogen) atoms.